The van der Waals surface area contributed by atoms with E-state index < -0.39 is 0 Å². The molecule has 0 radical (unpaired) electrons. The lowest BCUT2D eigenvalue weighted by Gasteiger charge is -2.07. The van der Waals surface area contributed by atoms with E-state index in [-0.39, 0.29) is 0 Å². The largest absolute Gasteiger partial charge is 0.237 e. The van der Waals surface area contributed by atoms with Crippen LogP contribution in [-0.4, -0.2) is 16.2 Å². The summed E-state index contributed by atoms with van der Waals surface area (Å²) in [6.45, 7) is 5.57. The van der Waals surface area contributed by atoms with Crippen LogP contribution in [0.15, 0.2) is 52.7 Å². The molecule has 0 spiro atoms. The quantitative estimate of drug-likeness (QED) is 0.632. The van der Waals surface area contributed by atoms with Crippen LogP contribution in [0.2, 0.25) is 0 Å². The molecule has 2 aromatic rings. The fraction of sp³-hybridized carbons (Fsp3) is 0.0714. The smallest absolute Gasteiger partial charge is 0.199 e. The minimum atomic E-state index is 0.531. The molecule has 3 nitrogen and oxygen atoms in total. The van der Waals surface area contributed by atoms with Crippen molar-refractivity contribution in [3.05, 3.63) is 53.3 Å². The number of allylic oxidation sites excluding steroid dienone is 1. The number of hydrogen-bond donors (Lipinski definition) is 0. The lowest BCUT2D eigenvalue weighted by molar-refractivity contribution is 1.08. The fourth-order valence-corrected chi connectivity index (χ4v) is 1.95. The molecule has 0 aliphatic heterocycles. The first-order chi connectivity index (χ1) is 8.72. The molecule has 2 rings (SSSR count). The second-order valence-electron chi connectivity index (χ2n) is 3.67. The topological polar surface area (TPSA) is 38.1 Å². The Morgan fingerprint density at radius 1 is 1.22 bits per heavy atom. The van der Waals surface area contributed by atoms with Crippen molar-refractivity contribution in [1.82, 2.24) is 9.97 Å². The minimum Gasteiger partial charge on any atom is -0.237 e. The summed E-state index contributed by atoms with van der Waals surface area (Å²) in [6, 6.07) is 9.98. The average molecular weight is 302 g/mol. The van der Waals surface area contributed by atoms with E-state index in [4.69, 9.17) is 0 Å². The predicted molar refractivity (Wildman–Crippen MR) is 78.3 cm³/mol. The molecule has 1 aromatic carbocycles. The molecular formula is C14H12BrN3. The molecular weight excluding hydrogens is 290 g/mol. The van der Waals surface area contributed by atoms with Gasteiger partial charge in [0.25, 0.3) is 0 Å². The fourth-order valence-electron chi connectivity index (χ4n) is 1.60. The Morgan fingerprint density at radius 2 is 1.94 bits per heavy atom. The Hall–Kier alpha value is -1.81. The zero-order valence-corrected chi connectivity index (χ0v) is 11.6. The van der Waals surface area contributed by atoms with Gasteiger partial charge in [-0.25, -0.2) is 15.0 Å². The second kappa shape index (κ2) is 5.69. The van der Waals surface area contributed by atoms with Crippen molar-refractivity contribution < 1.29 is 0 Å². The maximum Gasteiger partial charge on any atom is 0.199 e. The van der Waals surface area contributed by atoms with Gasteiger partial charge in [0.15, 0.2) is 10.6 Å². The molecule has 1 aromatic heterocycles. The molecule has 18 heavy (non-hydrogen) atoms. The molecule has 0 unspecified atom stereocenters. The van der Waals surface area contributed by atoms with Gasteiger partial charge in [0, 0.05) is 17.3 Å². The Labute approximate surface area is 114 Å². The van der Waals surface area contributed by atoms with Crippen molar-refractivity contribution in [3.63, 3.8) is 0 Å². The van der Waals surface area contributed by atoms with Gasteiger partial charge in [0.05, 0.1) is 5.69 Å². The van der Waals surface area contributed by atoms with Crippen LogP contribution in [0, 0.1) is 6.92 Å². The van der Waals surface area contributed by atoms with E-state index >= 15 is 0 Å². The van der Waals surface area contributed by atoms with Crippen LogP contribution in [-0.2, 0) is 0 Å². The van der Waals surface area contributed by atoms with Gasteiger partial charge in [-0.3, -0.25) is 0 Å². The molecule has 0 fully saturated rings. The number of aromatic nitrogens is 2. The zero-order valence-electron chi connectivity index (χ0n) is 9.97. The highest BCUT2D eigenvalue weighted by atomic mass is 79.9. The van der Waals surface area contributed by atoms with Crippen molar-refractivity contribution in [2.24, 2.45) is 4.99 Å². The van der Waals surface area contributed by atoms with E-state index in [1.807, 2.05) is 37.3 Å². The summed E-state index contributed by atoms with van der Waals surface area (Å²) in [4.78, 5) is 12.9. The van der Waals surface area contributed by atoms with Gasteiger partial charge in [-0.15, -0.1) is 0 Å². The number of benzene rings is 1. The lowest BCUT2D eigenvalue weighted by atomic mass is 10.1. The molecule has 0 saturated heterocycles. The second-order valence-corrected chi connectivity index (χ2v) is 4.38. The minimum absolute atomic E-state index is 0.531. The van der Waals surface area contributed by atoms with Crippen LogP contribution in [0.25, 0.3) is 11.3 Å². The monoisotopic (exact) mass is 301 g/mol. The number of hydrogen-bond acceptors (Lipinski definition) is 3. The average Bonchev–Trinajstić information content (AvgIpc) is 2.40. The van der Waals surface area contributed by atoms with Gasteiger partial charge in [-0.1, -0.05) is 43.0 Å². The summed E-state index contributed by atoms with van der Waals surface area (Å²) in [6.07, 6.45) is 3.24. The lowest BCUT2D eigenvalue weighted by Crippen LogP contribution is -1.93. The van der Waals surface area contributed by atoms with Crippen molar-refractivity contribution >= 4 is 28.0 Å². The van der Waals surface area contributed by atoms with E-state index in [0.29, 0.717) is 10.6 Å². The van der Waals surface area contributed by atoms with Gasteiger partial charge < -0.3 is 0 Å². The van der Waals surface area contributed by atoms with E-state index in [2.05, 4.69) is 37.5 Å². The van der Waals surface area contributed by atoms with Gasteiger partial charge in [-0.05, 0) is 22.9 Å². The summed E-state index contributed by atoms with van der Waals surface area (Å²) >= 11 is 3.31. The molecule has 1 heterocycles. The molecule has 4 heteroatoms. The standard InChI is InChI=1S/C14H12BrN3/c1-3-9-16-13-10(2)12(17-14(15)18-13)11-7-5-4-6-8-11/h3-9H,1H2,2H3. The SMILES string of the molecule is C=CC=Nc1nc(Br)nc(-c2ccccc2)c1C. The van der Waals surface area contributed by atoms with Crippen LogP contribution in [0.3, 0.4) is 0 Å². The predicted octanol–water partition coefficient (Wildman–Crippen LogP) is 4.10. The Bertz CT molecular complexity index is 591. The van der Waals surface area contributed by atoms with Crippen molar-refractivity contribution in [2.45, 2.75) is 6.92 Å². The van der Waals surface area contributed by atoms with Crippen LogP contribution < -0.4 is 0 Å². The summed E-state index contributed by atoms with van der Waals surface area (Å²) in [5, 5.41) is 0. The van der Waals surface area contributed by atoms with E-state index in [0.717, 1.165) is 16.8 Å². The van der Waals surface area contributed by atoms with Crippen LogP contribution >= 0.6 is 15.9 Å². The molecule has 0 saturated carbocycles. The summed E-state index contributed by atoms with van der Waals surface area (Å²) in [7, 11) is 0. The molecule has 0 aliphatic rings. The normalized spacial score (nSPS) is 10.8. The van der Waals surface area contributed by atoms with E-state index in [1.54, 1.807) is 12.3 Å². The van der Waals surface area contributed by atoms with Crippen LogP contribution in [0.5, 0.6) is 0 Å². The molecule has 0 amide bonds. The van der Waals surface area contributed by atoms with E-state index in [1.165, 1.54) is 0 Å². The highest BCUT2D eigenvalue weighted by Crippen LogP contribution is 2.28. The van der Waals surface area contributed by atoms with Gasteiger partial charge in [0.2, 0.25) is 0 Å². The third kappa shape index (κ3) is 2.71. The highest BCUT2D eigenvalue weighted by molar-refractivity contribution is 9.10. The van der Waals surface area contributed by atoms with Crippen molar-refractivity contribution in [3.8, 4) is 11.3 Å². The van der Waals surface area contributed by atoms with E-state index in [9.17, 15) is 0 Å². The first-order valence-corrected chi connectivity index (χ1v) is 6.26. The molecule has 0 N–H and O–H groups in total. The number of nitrogens with zero attached hydrogens (tertiary/aromatic N) is 3. The van der Waals surface area contributed by atoms with Gasteiger partial charge >= 0.3 is 0 Å². The summed E-state index contributed by atoms with van der Waals surface area (Å²) < 4.78 is 0.531. The first kappa shape index (κ1) is 12.6. The third-order valence-electron chi connectivity index (χ3n) is 2.44. The summed E-state index contributed by atoms with van der Waals surface area (Å²) in [5.41, 5.74) is 2.88. The highest BCUT2D eigenvalue weighted by Gasteiger charge is 2.10. The van der Waals surface area contributed by atoms with Crippen LogP contribution in [0.1, 0.15) is 5.56 Å². The Morgan fingerprint density at radius 3 is 2.61 bits per heavy atom. The van der Waals surface area contributed by atoms with Crippen molar-refractivity contribution in [2.75, 3.05) is 0 Å². The van der Waals surface area contributed by atoms with Gasteiger partial charge in [-0.2, -0.15) is 0 Å². The molecule has 90 valence electrons. The summed E-state index contributed by atoms with van der Waals surface area (Å²) in [5.74, 6) is 0.649. The molecule has 0 aliphatic carbocycles. The maximum atomic E-state index is 4.42. The first-order valence-electron chi connectivity index (χ1n) is 5.47. The number of halogens is 1. The molecule has 0 bridgehead atoms. The Balaban J connectivity index is 2.58. The van der Waals surface area contributed by atoms with Crippen molar-refractivity contribution in [1.29, 1.82) is 0 Å². The van der Waals surface area contributed by atoms with Gasteiger partial charge in [0.1, 0.15) is 0 Å². The van der Waals surface area contributed by atoms with Crippen LogP contribution in [0.4, 0.5) is 5.82 Å². The number of aliphatic imine (C=N–C) groups is 1. The maximum absolute atomic E-state index is 4.42. The Kier molecular flexibility index (Phi) is 3.99. The zero-order chi connectivity index (χ0) is 13.0. The number of rotatable bonds is 3. The third-order valence-corrected chi connectivity index (χ3v) is 2.80. The molecule has 0 atom stereocenters.